The van der Waals surface area contributed by atoms with Gasteiger partial charge in [-0.25, -0.2) is 8.42 Å². The van der Waals surface area contributed by atoms with Crippen LogP contribution in [0.25, 0.3) is 0 Å². The van der Waals surface area contributed by atoms with Crippen LogP contribution in [-0.2, 0) is 27.8 Å². The lowest BCUT2D eigenvalue weighted by atomic mass is 9.95. The van der Waals surface area contributed by atoms with Gasteiger partial charge < -0.3 is 10.1 Å². The van der Waals surface area contributed by atoms with Crippen molar-refractivity contribution in [3.05, 3.63) is 63.7 Å². The number of methoxy groups -OCH3 is 1. The highest BCUT2D eigenvalue weighted by Gasteiger charge is 2.40. The number of likely N-dealkylation sites (N-methyl/N-ethyl adjacent to an activating group) is 1. The van der Waals surface area contributed by atoms with Crippen LogP contribution in [0.1, 0.15) is 11.1 Å². The first-order valence-corrected chi connectivity index (χ1v) is 9.86. The summed E-state index contributed by atoms with van der Waals surface area (Å²) in [5.41, 5.74) is 1.22. The second kappa shape index (κ2) is 7.56. The molecule has 0 fully saturated rings. The first kappa shape index (κ1) is 19.8. The molecule has 1 N–H and O–H groups in total. The summed E-state index contributed by atoms with van der Waals surface area (Å²) in [6.07, 6.45) is 0.216. The van der Waals surface area contributed by atoms with E-state index < -0.39 is 32.6 Å². The number of hydrogen-bond donors (Lipinski definition) is 1. The summed E-state index contributed by atoms with van der Waals surface area (Å²) in [5.74, 6) is -0.489. The predicted molar refractivity (Wildman–Crippen MR) is 100 cm³/mol. The molecule has 3 rings (SSSR count). The van der Waals surface area contributed by atoms with Gasteiger partial charge in [0.2, 0.25) is 15.9 Å². The number of fused-ring (bicyclic) bond motifs is 1. The molecule has 0 spiro atoms. The first-order chi connectivity index (χ1) is 13.3. The van der Waals surface area contributed by atoms with Crippen LogP contribution in [0.2, 0.25) is 0 Å². The summed E-state index contributed by atoms with van der Waals surface area (Å²) in [6.45, 7) is -0.00355. The second-order valence-corrected chi connectivity index (χ2v) is 8.13. The zero-order valence-corrected chi connectivity index (χ0v) is 16.1. The van der Waals surface area contributed by atoms with Crippen molar-refractivity contribution in [2.75, 3.05) is 14.2 Å². The maximum absolute atomic E-state index is 13.3. The zero-order valence-electron chi connectivity index (χ0n) is 15.3. The molecular formula is C18H19N3O6S. The highest BCUT2D eigenvalue weighted by atomic mass is 32.2. The number of carbonyl (C=O) groups is 1. The Kier molecular flexibility index (Phi) is 5.34. The topological polar surface area (TPSA) is 119 Å². The van der Waals surface area contributed by atoms with Crippen LogP contribution in [0, 0.1) is 10.1 Å². The van der Waals surface area contributed by atoms with E-state index >= 15 is 0 Å². The third-order valence-electron chi connectivity index (χ3n) is 4.71. The normalized spacial score (nSPS) is 16.9. The van der Waals surface area contributed by atoms with Crippen LogP contribution < -0.4 is 10.1 Å². The van der Waals surface area contributed by atoms with Crippen LogP contribution >= 0.6 is 0 Å². The minimum absolute atomic E-state index is 0.00355. The number of nitrogens with zero attached hydrogens (tertiary/aromatic N) is 2. The molecular weight excluding hydrogens is 386 g/mol. The van der Waals surface area contributed by atoms with E-state index in [4.69, 9.17) is 4.74 Å². The number of hydrogen-bond acceptors (Lipinski definition) is 6. The lowest BCUT2D eigenvalue weighted by molar-refractivity contribution is -0.386. The molecule has 0 saturated heterocycles. The molecule has 1 amide bonds. The van der Waals surface area contributed by atoms with Gasteiger partial charge in [-0.2, -0.15) is 4.31 Å². The van der Waals surface area contributed by atoms with Crippen molar-refractivity contribution in [3.63, 3.8) is 0 Å². The number of rotatable bonds is 5. The van der Waals surface area contributed by atoms with Gasteiger partial charge in [0.05, 0.1) is 16.9 Å². The molecule has 0 saturated carbocycles. The Hall–Kier alpha value is -2.98. The highest BCUT2D eigenvalue weighted by molar-refractivity contribution is 7.89. The number of sulfonamides is 1. The second-order valence-electron chi connectivity index (χ2n) is 6.24. The number of benzene rings is 2. The third kappa shape index (κ3) is 3.43. The van der Waals surface area contributed by atoms with Crippen molar-refractivity contribution < 1.29 is 22.9 Å². The molecule has 1 atom stereocenters. The smallest absolute Gasteiger partial charge is 0.312 e. The van der Waals surface area contributed by atoms with Crippen LogP contribution in [-0.4, -0.2) is 43.8 Å². The van der Waals surface area contributed by atoms with E-state index in [2.05, 4.69) is 5.32 Å². The number of carbonyl (C=O) groups excluding carboxylic acids is 1. The van der Waals surface area contributed by atoms with E-state index in [-0.39, 0.29) is 23.6 Å². The van der Waals surface area contributed by atoms with Gasteiger partial charge in [0.25, 0.3) is 0 Å². The highest BCUT2D eigenvalue weighted by Crippen LogP contribution is 2.33. The molecule has 148 valence electrons. The molecule has 9 nitrogen and oxygen atoms in total. The summed E-state index contributed by atoms with van der Waals surface area (Å²) in [4.78, 5) is 22.7. The van der Waals surface area contributed by atoms with Crippen LogP contribution in [0.4, 0.5) is 5.69 Å². The summed E-state index contributed by atoms with van der Waals surface area (Å²) in [6, 6.07) is 9.75. The van der Waals surface area contributed by atoms with Gasteiger partial charge >= 0.3 is 5.69 Å². The molecule has 1 unspecified atom stereocenters. The summed E-state index contributed by atoms with van der Waals surface area (Å²) < 4.78 is 32.6. The number of nitro benzene ring substituents is 1. The Labute approximate surface area is 162 Å². The molecule has 0 radical (unpaired) electrons. The third-order valence-corrected chi connectivity index (χ3v) is 6.56. The molecule has 2 aromatic carbocycles. The summed E-state index contributed by atoms with van der Waals surface area (Å²) in [7, 11) is -1.48. The average molecular weight is 405 g/mol. The molecule has 10 heteroatoms. The van der Waals surface area contributed by atoms with Crippen molar-refractivity contribution >= 4 is 21.6 Å². The Morgan fingerprint density at radius 1 is 1.25 bits per heavy atom. The van der Waals surface area contributed by atoms with Gasteiger partial charge in [0, 0.05) is 19.7 Å². The van der Waals surface area contributed by atoms with E-state index in [1.165, 1.54) is 26.3 Å². The molecule has 0 aliphatic carbocycles. The monoisotopic (exact) mass is 405 g/mol. The summed E-state index contributed by atoms with van der Waals surface area (Å²) >= 11 is 0. The Morgan fingerprint density at radius 2 is 1.93 bits per heavy atom. The van der Waals surface area contributed by atoms with Gasteiger partial charge in [0.15, 0.2) is 5.75 Å². The predicted octanol–water partition coefficient (Wildman–Crippen LogP) is 1.46. The Bertz CT molecular complexity index is 1040. The van der Waals surface area contributed by atoms with Crippen molar-refractivity contribution in [2.45, 2.75) is 23.9 Å². The lowest BCUT2D eigenvalue weighted by Crippen LogP contribution is -2.51. The minimum Gasteiger partial charge on any atom is -0.490 e. The van der Waals surface area contributed by atoms with Gasteiger partial charge in [-0.15, -0.1) is 0 Å². The fraction of sp³-hybridized carbons (Fsp3) is 0.278. The fourth-order valence-corrected chi connectivity index (χ4v) is 4.84. The number of ether oxygens (including phenoxy) is 1. The molecule has 1 heterocycles. The van der Waals surface area contributed by atoms with E-state index in [1.807, 2.05) is 12.1 Å². The SMILES string of the molecule is CNC(=O)C1Cc2ccccc2CN1S(=O)(=O)c1ccc(OC)c([N+](=O)[O-])c1. The Balaban J connectivity index is 2.10. The molecule has 1 aliphatic rings. The van der Waals surface area contributed by atoms with Crippen LogP contribution in [0.5, 0.6) is 5.75 Å². The molecule has 28 heavy (non-hydrogen) atoms. The Morgan fingerprint density at radius 3 is 2.54 bits per heavy atom. The van der Waals surface area contributed by atoms with E-state index in [0.29, 0.717) is 0 Å². The maximum Gasteiger partial charge on any atom is 0.312 e. The van der Waals surface area contributed by atoms with Gasteiger partial charge in [-0.3, -0.25) is 14.9 Å². The van der Waals surface area contributed by atoms with Gasteiger partial charge in [-0.1, -0.05) is 24.3 Å². The van der Waals surface area contributed by atoms with Gasteiger partial charge in [-0.05, 0) is 29.7 Å². The van der Waals surface area contributed by atoms with Gasteiger partial charge in [0.1, 0.15) is 6.04 Å². The largest absolute Gasteiger partial charge is 0.490 e. The van der Waals surface area contributed by atoms with Crippen molar-refractivity contribution in [3.8, 4) is 5.75 Å². The standard InChI is InChI=1S/C18H19N3O6S/c1-19-18(22)16-9-12-5-3-4-6-13(12)11-20(16)28(25,26)14-7-8-17(27-2)15(10-14)21(23)24/h3-8,10,16H,9,11H2,1-2H3,(H,19,22). The average Bonchev–Trinajstić information content (AvgIpc) is 2.71. The van der Waals surface area contributed by atoms with E-state index in [0.717, 1.165) is 21.5 Å². The number of nitrogens with one attached hydrogen (secondary N) is 1. The van der Waals surface area contributed by atoms with Crippen LogP contribution in [0.3, 0.4) is 0 Å². The minimum atomic E-state index is -4.18. The van der Waals surface area contributed by atoms with E-state index in [9.17, 15) is 23.3 Å². The molecule has 0 aromatic heterocycles. The summed E-state index contributed by atoms with van der Waals surface area (Å²) in [5, 5.41) is 13.8. The lowest BCUT2D eigenvalue weighted by Gasteiger charge is -2.34. The van der Waals surface area contributed by atoms with E-state index in [1.54, 1.807) is 12.1 Å². The van der Waals surface area contributed by atoms with Crippen molar-refractivity contribution in [1.82, 2.24) is 9.62 Å². The molecule has 1 aliphatic heterocycles. The van der Waals surface area contributed by atoms with Crippen molar-refractivity contribution in [2.24, 2.45) is 0 Å². The van der Waals surface area contributed by atoms with Crippen LogP contribution in [0.15, 0.2) is 47.4 Å². The molecule has 2 aromatic rings. The quantitative estimate of drug-likeness (QED) is 0.594. The fourth-order valence-electron chi connectivity index (χ4n) is 3.25. The first-order valence-electron chi connectivity index (χ1n) is 8.42. The number of nitro groups is 1. The van der Waals surface area contributed by atoms with Crippen molar-refractivity contribution in [1.29, 1.82) is 0 Å². The number of amides is 1. The maximum atomic E-state index is 13.3. The zero-order chi connectivity index (χ0) is 20.5. The molecule has 0 bridgehead atoms.